The topological polar surface area (TPSA) is 78.4 Å². The maximum absolute atomic E-state index is 12.0. The zero-order valence-corrected chi connectivity index (χ0v) is 16.6. The van der Waals surface area contributed by atoms with Gasteiger partial charge in [-0.15, -0.1) is 23.2 Å². The third kappa shape index (κ3) is 4.82. The third-order valence-electron chi connectivity index (χ3n) is 4.08. The van der Waals surface area contributed by atoms with Gasteiger partial charge in [0.05, 0.1) is 24.3 Å². The van der Waals surface area contributed by atoms with Gasteiger partial charge in [0.1, 0.15) is 14.6 Å². The van der Waals surface area contributed by atoms with Crippen LogP contribution in [0.2, 0.25) is 10.3 Å². The molecular formula is C17H12Cl4N2O4. The first-order chi connectivity index (χ1) is 12.8. The van der Waals surface area contributed by atoms with Gasteiger partial charge in [-0.25, -0.2) is 19.6 Å². The molecule has 1 fully saturated rings. The lowest BCUT2D eigenvalue weighted by molar-refractivity contribution is 0.0418. The summed E-state index contributed by atoms with van der Waals surface area (Å²) in [5.74, 6) is -1.86. The number of esters is 2. The molecule has 10 heteroatoms. The monoisotopic (exact) mass is 448 g/mol. The zero-order valence-electron chi connectivity index (χ0n) is 13.6. The highest BCUT2D eigenvalue weighted by Gasteiger charge is 2.64. The standard InChI is InChI=1S/C17H12Cl4N2O4/c18-13-3-1-9(5-22-13)15(24)26-7-11-12(17(11,20)21)8-27-16(25)10-2-4-14(19)23-6-10/h1-6,11-12H,7-8H2/t11-,12-/m0/s1. The van der Waals surface area contributed by atoms with Crippen LogP contribution in [-0.2, 0) is 9.47 Å². The van der Waals surface area contributed by atoms with Crippen molar-refractivity contribution in [3.05, 3.63) is 58.1 Å². The summed E-state index contributed by atoms with van der Waals surface area (Å²) in [7, 11) is 0. The number of hydrogen-bond acceptors (Lipinski definition) is 6. The second kappa shape index (κ2) is 8.19. The van der Waals surface area contributed by atoms with E-state index >= 15 is 0 Å². The molecule has 2 aromatic rings. The third-order valence-corrected chi connectivity index (χ3v) is 5.65. The van der Waals surface area contributed by atoms with E-state index in [1.807, 2.05) is 0 Å². The summed E-state index contributed by atoms with van der Waals surface area (Å²) in [5.41, 5.74) is 0.515. The van der Waals surface area contributed by atoms with Gasteiger partial charge in [0, 0.05) is 24.2 Å². The lowest BCUT2D eigenvalue weighted by Crippen LogP contribution is -2.11. The number of carbonyl (C=O) groups excluding carboxylic acids is 2. The van der Waals surface area contributed by atoms with Gasteiger partial charge in [-0.1, -0.05) is 23.2 Å². The summed E-state index contributed by atoms with van der Waals surface area (Å²) in [6, 6.07) is 5.96. The van der Waals surface area contributed by atoms with E-state index in [2.05, 4.69) is 9.97 Å². The van der Waals surface area contributed by atoms with Gasteiger partial charge in [-0.2, -0.15) is 0 Å². The minimum absolute atomic E-state index is 0.0147. The minimum Gasteiger partial charge on any atom is -0.462 e. The number of hydrogen-bond donors (Lipinski definition) is 0. The number of ether oxygens (including phenoxy) is 2. The van der Waals surface area contributed by atoms with Crippen LogP contribution in [0, 0.1) is 11.8 Å². The van der Waals surface area contributed by atoms with Crippen molar-refractivity contribution in [2.45, 2.75) is 4.33 Å². The fourth-order valence-electron chi connectivity index (χ4n) is 2.41. The van der Waals surface area contributed by atoms with E-state index < -0.39 is 16.3 Å². The van der Waals surface area contributed by atoms with Gasteiger partial charge in [0.2, 0.25) is 0 Å². The Bertz CT molecular complexity index is 774. The van der Waals surface area contributed by atoms with E-state index in [9.17, 15) is 9.59 Å². The van der Waals surface area contributed by atoms with Crippen molar-refractivity contribution in [1.29, 1.82) is 0 Å². The molecule has 1 aliphatic rings. The van der Waals surface area contributed by atoms with Crippen LogP contribution < -0.4 is 0 Å². The molecule has 0 bridgehead atoms. The number of nitrogens with zero attached hydrogens (tertiary/aromatic N) is 2. The number of rotatable bonds is 6. The lowest BCUT2D eigenvalue weighted by Gasteiger charge is -2.05. The number of alkyl halides is 2. The second-order valence-corrected chi connectivity index (χ2v) is 8.04. The molecule has 0 unspecified atom stereocenters. The molecule has 0 aliphatic heterocycles. The fourth-order valence-corrected chi connectivity index (χ4v) is 3.36. The normalized spacial score (nSPS) is 20.0. The first kappa shape index (κ1) is 20.1. The quantitative estimate of drug-likeness (QED) is 0.373. The van der Waals surface area contributed by atoms with E-state index in [0.717, 1.165) is 0 Å². The van der Waals surface area contributed by atoms with Crippen molar-refractivity contribution in [3.63, 3.8) is 0 Å². The summed E-state index contributed by atoms with van der Waals surface area (Å²) in [6.07, 6.45) is 2.62. The van der Waals surface area contributed by atoms with Crippen molar-refractivity contribution in [1.82, 2.24) is 9.97 Å². The molecule has 0 saturated heterocycles. The Balaban J connectivity index is 1.49. The summed E-state index contributed by atoms with van der Waals surface area (Å²) < 4.78 is 9.27. The highest BCUT2D eigenvalue weighted by atomic mass is 35.5. The summed E-state index contributed by atoms with van der Waals surface area (Å²) >= 11 is 23.7. The van der Waals surface area contributed by atoms with Crippen LogP contribution in [0.5, 0.6) is 0 Å². The van der Waals surface area contributed by atoms with E-state index in [1.165, 1.54) is 36.7 Å². The largest absolute Gasteiger partial charge is 0.462 e. The molecule has 0 spiro atoms. The summed E-state index contributed by atoms with van der Waals surface area (Å²) in [6.45, 7) is -0.0294. The van der Waals surface area contributed by atoms with Gasteiger partial charge in [0.15, 0.2) is 0 Å². The predicted octanol–water partition coefficient (Wildman–Crippen LogP) is 4.22. The summed E-state index contributed by atoms with van der Waals surface area (Å²) in [4.78, 5) is 31.6. The SMILES string of the molecule is O=C(OC[C@H]1[C@H](COC(=O)c2ccc(Cl)nc2)C1(Cl)Cl)c1ccc(Cl)nc1. The van der Waals surface area contributed by atoms with Crippen molar-refractivity contribution >= 4 is 58.3 Å². The Morgan fingerprint density at radius 3 is 1.59 bits per heavy atom. The van der Waals surface area contributed by atoms with Crippen LogP contribution in [0.1, 0.15) is 20.7 Å². The predicted molar refractivity (Wildman–Crippen MR) is 100 cm³/mol. The van der Waals surface area contributed by atoms with Gasteiger partial charge in [0.25, 0.3) is 0 Å². The van der Waals surface area contributed by atoms with E-state index in [-0.39, 0.29) is 46.5 Å². The Morgan fingerprint density at radius 1 is 0.852 bits per heavy atom. The van der Waals surface area contributed by atoms with Crippen LogP contribution in [0.4, 0.5) is 0 Å². The lowest BCUT2D eigenvalue weighted by atomic mass is 10.3. The van der Waals surface area contributed by atoms with Crippen LogP contribution >= 0.6 is 46.4 Å². The Labute approximate surface area is 174 Å². The van der Waals surface area contributed by atoms with Crippen LogP contribution in [-0.4, -0.2) is 39.5 Å². The molecule has 0 N–H and O–H groups in total. The van der Waals surface area contributed by atoms with E-state index in [0.29, 0.717) is 0 Å². The molecule has 2 heterocycles. The van der Waals surface area contributed by atoms with Gasteiger partial charge < -0.3 is 9.47 Å². The number of halogens is 4. The maximum atomic E-state index is 12.0. The molecule has 1 aliphatic carbocycles. The Hall–Kier alpha value is -1.60. The molecule has 0 aromatic carbocycles. The maximum Gasteiger partial charge on any atom is 0.339 e. The first-order valence-corrected chi connectivity index (χ1v) is 9.25. The van der Waals surface area contributed by atoms with Crippen LogP contribution in [0.25, 0.3) is 0 Å². The Kier molecular flexibility index (Phi) is 6.11. The van der Waals surface area contributed by atoms with Crippen molar-refractivity contribution < 1.29 is 19.1 Å². The highest BCUT2D eigenvalue weighted by Crippen LogP contribution is 2.59. The van der Waals surface area contributed by atoms with Gasteiger partial charge in [-0.05, 0) is 24.3 Å². The van der Waals surface area contributed by atoms with Crippen molar-refractivity contribution in [3.8, 4) is 0 Å². The van der Waals surface area contributed by atoms with Gasteiger partial charge >= 0.3 is 11.9 Å². The van der Waals surface area contributed by atoms with Crippen LogP contribution in [0.15, 0.2) is 36.7 Å². The van der Waals surface area contributed by atoms with E-state index in [4.69, 9.17) is 55.9 Å². The molecule has 0 amide bonds. The van der Waals surface area contributed by atoms with Crippen molar-refractivity contribution in [2.24, 2.45) is 11.8 Å². The van der Waals surface area contributed by atoms with Gasteiger partial charge in [-0.3, -0.25) is 0 Å². The molecule has 27 heavy (non-hydrogen) atoms. The second-order valence-electron chi connectivity index (χ2n) is 5.82. The molecule has 142 valence electrons. The number of aromatic nitrogens is 2. The molecule has 6 nitrogen and oxygen atoms in total. The molecule has 3 rings (SSSR count). The average Bonchev–Trinajstić information content (AvgIpc) is 3.18. The molecule has 1 saturated carbocycles. The van der Waals surface area contributed by atoms with Crippen LogP contribution in [0.3, 0.4) is 0 Å². The zero-order chi connectivity index (χ0) is 19.6. The summed E-state index contributed by atoms with van der Waals surface area (Å²) in [5, 5.41) is 0.541. The average molecular weight is 450 g/mol. The molecule has 2 aromatic heterocycles. The van der Waals surface area contributed by atoms with Crippen molar-refractivity contribution in [2.75, 3.05) is 13.2 Å². The molecule has 0 radical (unpaired) electrons. The number of carbonyl (C=O) groups is 2. The minimum atomic E-state index is -1.14. The molecular weight excluding hydrogens is 438 g/mol. The highest BCUT2D eigenvalue weighted by molar-refractivity contribution is 6.51. The first-order valence-electron chi connectivity index (χ1n) is 7.74. The Morgan fingerprint density at radius 2 is 1.26 bits per heavy atom. The fraction of sp³-hybridized carbons (Fsp3) is 0.294. The van der Waals surface area contributed by atoms with E-state index in [1.54, 1.807) is 0 Å². The smallest absolute Gasteiger partial charge is 0.339 e. The number of pyridine rings is 2. The molecule has 2 atom stereocenters.